The van der Waals surface area contributed by atoms with Gasteiger partial charge in [-0.1, -0.05) is 214 Å². The molecule has 440 valence electrons. The zero-order valence-corrected chi connectivity index (χ0v) is 56.0. The number of nitrogens with zero attached hydrogens (tertiary/aromatic N) is 6. The molecule has 1 atom stereocenters. The molecule has 2 aromatic heterocycles. The van der Waals surface area contributed by atoms with Gasteiger partial charge in [-0.3, -0.25) is 9.59 Å². The molecule has 0 aliphatic carbocycles. The lowest BCUT2D eigenvalue weighted by atomic mass is 9.85. The van der Waals surface area contributed by atoms with Crippen molar-refractivity contribution in [3.63, 3.8) is 0 Å². The molecule has 2 heterocycles. The van der Waals surface area contributed by atoms with Gasteiger partial charge in [-0.25, -0.2) is 19.3 Å². The lowest BCUT2D eigenvalue weighted by Gasteiger charge is -2.20. The number of amides is 1. The number of benzene rings is 7. The fourth-order valence-electron chi connectivity index (χ4n) is 9.09. The van der Waals surface area contributed by atoms with Gasteiger partial charge in [-0.2, -0.15) is 10.2 Å². The minimum Gasteiger partial charge on any atom is -0.359 e. The minimum absolute atomic E-state index is 0.0989. The van der Waals surface area contributed by atoms with Crippen LogP contribution in [-0.2, 0) is 42.5 Å². The molecule has 14 heteroatoms. The third kappa shape index (κ3) is 19.9. The summed E-state index contributed by atoms with van der Waals surface area (Å²) < 4.78 is 12.0. The van der Waals surface area contributed by atoms with Crippen molar-refractivity contribution in [2.75, 3.05) is 6.61 Å². The van der Waals surface area contributed by atoms with Crippen LogP contribution in [0.25, 0.3) is 56.2 Å². The van der Waals surface area contributed by atoms with E-state index in [4.69, 9.17) is 21.3 Å². The molecule has 9 rings (SSSR count). The van der Waals surface area contributed by atoms with Crippen LogP contribution in [0.1, 0.15) is 138 Å². The van der Waals surface area contributed by atoms with Crippen molar-refractivity contribution in [3.8, 4) is 56.2 Å². The summed E-state index contributed by atoms with van der Waals surface area (Å²) in [6.45, 7) is 22.5. The highest BCUT2D eigenvalue weighted by Crippen LogP contribution is 2.36. The molecule has 0 spiro atoms. The number of nitrogens with one attached hydrogen (secondary N) is 1. The van der Waals surface area contributed by atoms with Gasteiger partial charge in [0.2, 0.25) is 0 Å². The van der Waals surface area contributed by atoms with E-state index >= 15 is 0 Å². The van der Waals surface area contributed by atoms with Crippen LogP contribution in [0.15, 0.2) is 177 Å². The maximum atomic E-state index is 11.9. The van der Waals surface area contributed by atoms with E-state index in [1.54, 1.807) is 30.3 Å². The number of rotatable bonds is 16. The SMILES string of the molecule is CCCC(NC(=O)c1cccc(Br)c1)OCC.CCCc1nc(-c2cccc(-c3cc(-c4ccc(C(C)(C)C)cc4)cc(-c4ccc(C(C)(C)C)cc4)c3)c2)n(C)n1.CCCc1nc(-c2cccc(Br)c2)n(C)n1.O=C(Cl)c1cccc(Br)c1. The highest BCUT2D eigenvalue weighted by Gasteiger charge is 2.18. The van der Waals surface area contributed by atoms with Gasteiger partial charge in [0, 0.05) is 69.2 Å². The molecule has 0 saturated carbocycles. The Kier molecular flexibility index (Phi) is 25.2. The van der Waals surface area contributed by atoms with E-state index in [0.29, 0.717) is 17.7 Å². The maximum absolute atomic E-state index is 11.9. The summed E-state index contributed by atoms with van der Waals surface area (Å²) in [7, 11) is 3.91. The number of hydrogen-bond donors (Lipinski definition) is 1. The van der Waals surface area contributed by atoms with Crippen molar-refractivity contribution in [3.05, 3.63) is 211 Å². The van der Waals surface area contributed by atoms with Gasteiger partial charge >= 0.3 is 0 Å². The highest BCUT2D eigenvalue weighted by molar-refractivity contribution is 9.11. The van der Waals surface area contributed by atoms with Gasteiger partial charge in [0.25, 0.3) is 11.1 Å². The van der Waals surface area contributed by atoms with Crippen LogP contribution in [-0.4, -0.2) is 53.5 Å². The first-order valence-electron chi connectivity index (χ1n) is 28.7. The minimum atomic E-state index is -0.429. The van der Waals surface area contributed by atoms with E-state index in [2.05, 4.69) is 228 Å². The Morgan fingerprint density at radius 2 is 0.893 bits per heavy atom. The number of aryl methyl sites for hydroxylation is 4. The van der Waals surface area contributed by atoms with Gasteiger partial charge in [-0.05, 0) is 160 Å². The van der Waals surface area contributed by atoms with Crippen LogP contribution in [0.2, 0.25) is 0 Å². The summed E-state index contributed by atoms with van der Waals surface area (Å²) in [5.41, 5.74) is 13.5. The van der Waals surface area contributed by atoms with Crippen molar-refractivity contribution < 1.29 is 14.3 Å². The average Bonchev–Trinajstić information content (AvgIpc) is 4.10. The molecule has 84 heavy (non-hydrogen) atoms. The molecular formula is C70H79Br3ClN7O3. The van der Waals surface area contributed by atoms with Crippen LogP contribution in [0.5, 0.6) is 0 Å². The molecule has 0 bridgehead atoms. The Hall–Kier alpha value is -6.35. The molecule has 0 aliphatic heterocycles. The van der Waals surface area contributed by atoms with Crippen LogP contribution in [0.4, 0.5) is 0 Å². The average molecular weight is 1340 g/mol. The Labute approximate surface area is 528 Å². The molecule has 0 saturated heterocycles. The third-order valence-corrected chi connectivity index (χ3v) is 15.2. The highest BCUT2D eigenvalue weighted by atomic mass is 79.9. The predicted molar refractivity (Wildman–Crippen MR) is 359 cm³/mol. The Bertz CT molecular complexity index is 3500. The van der Waals surface area contributed by atoms with E-state index in [1.807, 2.05) is 66.8 Å². The van der Waals surface area contributed by atoms with Crippen molar-refractivity contribution in [2.24, 2.45) is 14.1 Å². The molecule has 9 aromatic rings. The summed E-state index contributed by atoms with van der Waals surface area (Å²) in [6, 6.07) is 56.1. The summed E-state index contributed by atoms with van der Waals surface area (Å²) in [4.78, 5) is 31.9. The molecule has 1 unspecified atom stereocenters. The summed E-state index contributed by atoms with van der Waals surface area (Å²) >= 11 is 15.2. The van der Waals surface area contributed by atoms with Crippen molar-refractivity contribution >= 4 is 70.5 Å². The molecule has 0 fully saturated rings. The van der Waals surface area contributed by atoms with Gasteiger partial charge in [0.1, 0.15) is 6.23 Å². The van der Waals surface area contributed by atoms with Crippen LogP contribution < -0.4 is 5.32 Å². The first-order valence-corrected chi connectivity index (χ1v) is 31.4. The van der Waals surface area contributed by atoms with Crippen LogP contribution >= 0.6 is 59.4 Å². The second-order valence-corrected chi connectivity index (χ2v) is 25.6. The third-order valence-electron chi connectivity index (χ3n) is 13.5. The van der Waals surface area contributed by atoms with E-state index in [9.17, 15) is 9.59 Å². The van der Waals surface area contributed by atoms with Crippen molar-refractivity contribution in [1.29, 1.82) is 0 Å². The van der Waals surface area contributed by atoms with E-state index < -0.39 is 5.24 Å². The molecule has 1 amide bonds. The number of aromatic nitrogens is 6. The Balaban J connectivity index is 0.000000214. The normalized spacial score (nSPS) is 11.5. The largest absolute Gasteiger partial charge is 0.359 e. The molecule has 0 aliphatic rings. The van der Waals surface area contributed by atoms with Crippen LogP contribution in [0, 0.1) is 0 Å². The van der Waals surface area contributed by atoms with Gasteiger partial charge in [-0.15, -0.1) is 0 Å². The van der Waals surface area contributed by atoms with Gasteiger partial charge in [0.05, 0.1) is 0 Å². The first kappa shape index (κ1) is 66.8. The van der Waals surface area contributed by atoms with Crippen molar-refractivity contribution in [2.45, 2.75) is 125 Å². The number of halogens is 4. The quantitative estimate of drug-likeness (QED) is 0.0756. The lowest BCUT2D eigenvalue weighted by Crippen LogP contribution is -2.36. The molecular weight excluding hydrogens is 1260 g/mol. The fraction of sp³-hybridized carbons (Fsp3) is 0.314. The van der Waals surface area contributed by atoms with Crippen LogP contribution in [0.3, 0.4) is 0 Å². The second-order valence-electron chi connectivity index (χ2n) is 22.5. The fourth-order valence-corrected chi connectivity index (χ4v) is 10.4. The Morgan fingerprint density at radius 1 is 0.500 bits per heavy atom. The van der Waals surface area contributed by atoms with Crippen molar-refractivity contribution in [1.82, 2.24) is 34.8 Å². The standard InChI is InChI=1S/C38H43N3.C13H18BrNO2.C12H14BrN3.C7H4BrClO/c1-9-11-35-39-36(41(8)40-35)29-13-10-12-28(22-29)32-24-30(26-14-18-33(19-15-26)37(2,3)4)23-31(25-32)27-16-20-34(21-17-27)38(5,6)7;1-3-6-12(17-4-2)15-13(16)10-7-5-8-11(14)9-10;1-3-5-11-14-12(16(2)15-11)9-6-4-7-10(13)8-9;8-6-3-1-2-5(4-6)7(9)10/h10,12-25H,9,11H2,1-8H3;5,7-9,12H,3-4,6H2,1-2H3,(H,15,16);4,6-8H,3,5H2,1-2H3;1-4H. The molecule has 7 aromatic carbocycles. The zero-order chi connectivity index (χ0) is 61.1. The van der Waals surface area contributed by atoms with Gasteiger partial charge < -0.3 is 10.1 Å². The zero-order valence-electron chi connectivity index (χ0n) is 50.5. The lowest BCUT2D eigenvalue weighted by molar-refractivity contribution is 0.0295. The summed E-state index contributed by atoms with van der Waals surface area (Å²) in [6.07, 6.45) is 5.53. The monoisotopic (exact) mass is 1340 g/mol. The van der Waals surface area contributed by atoms with Gasteiger partial charge in [0.15, 0.2) is 23.3 Å². The summed E-state index contributed by atoms with van der Waals surface area (Å²) in [5.74, 6) is 3.54. The topological polar surface area (TPSA) is 117 Å². The number of carbonyl (C=O) groups excluding carboxylic acids is 2. The Morgan fingerprint density at radius 3 is 1.30 bits per heavy atom. The molecule has 0 radical (unpaired) electrons. The smallest absolute Gasteiger partial charge is 0.253 e. The number of hydrogen-bond acceptors (Lipinski definition) is 7. The maximum Gasteiger partial charge on any atom is 0.253 e. The second kappa shape index (κ2) is 31.7. The summed E-state index contributed by atoms with van der Waals surface area (Å²) in [5, 5.41) is 11.5. The van der Waals surface area contributed by atoms with E-state index in [-0.39, 0.29) is 23.0 Å². The van der Waals surface area contributed by atoms with E-state index in [0.717, 1.165) is 86.4 Å². The van der Waals surface area contributed by atoms with E-state index in [1.165, 1.54) is 44.5 Å². The predicted octanol–water partition coefficient (Wildman–Crippen LogP) is 19.4. The number of ether oxygens (including phenoxy) is 1. The number of carbonyl (C=O) groups is 2. The molecule has 1 N–H and O–H groups in total. The first-order chi connectivity index (χ1) is 40.0. The molecule has 10 nitrogen and oxygen atoms in total.